The highest BCUT2D eigenvalue weighted by molar-refractivity contribution is 5.84. The average Bonchev–Trinajstić information content (AvgIpc) is 2.83. The number of piperidine rings is 1. The molecule has 5 heteroatoms. The summed E-state index contributed by atoms with van der Waals surface area (Å²) in [7, 11) is 0. The monoisotopic (exact) mass is 440 g/mol. The third kappa shape index (κ3) is 5.55. The van der Waals surface area contributed by atoms with Crippen molar-refractivity contribution in [3.8, 4) is 11.1 Å². The summed E-state index contributed by atoms with van der Waals surface area (Å²) in [5, 5.41) is 3.10. The van der Waals surface area contributed by atoms with Gasteiger partial charge in [0.15, 0.2) is 0 Å². The van der Waals surface area contributed by atoms with Crippen LogP contribution in [0.3, 0.4) is 0 Å². The van der Waals surface area contributed by atoms with Gasteiger partial charge in [0.25, 0.3) is 0 Å². The molecule has 4 rings (SSSR count). The third-order valence-corrected chi connectivity index (χ3v) is 6.39. The molecule has 170 valence electrons. The first-order chi connectivity index (χ1) is 16.1. The highest BCUT2D eigenvalue weighted by Crippen LogP contribution is 2.37. The Bertz CT molecular complexity index is 1100. The standard InChI is InChI=1S/C28H32N4O/c1-3-15-30-27(33)28(14-8-17-32(21-28)20-25-12-6-9-22(2)31-25)18-23-10-4-5-13-26(23)24-11-7-16-29-19-24/h3-7,9-13,16,19H,1,8,14-15,17-18,20-21H2,2H3,(H,30,33)/t28-/m0/s1. The minimum Gasteiger partial charge on any atom is -0.352 e. The van der Waals surface area contributed by atoms with Crippen molar-refractivity contribution in [2.75, 3.05) is 19.6 Å². The van der Waals surface area contributed by atoms with E-state index in [4.69, 9.17) is 0 Å². The Hall–Kier alpha value is -3.31. The van der Waals surface area contributed by atoms with Crippen LogP contribution in [0, 0.1) is 12.3 Å². The molecule has 0 aliphatic carbocycles. The summed E-state index contributed by atoms with van der Waals surface area (Å²) < 4.78 is 0. The van der Waals surface area contributed by atoms with E-state index in [0.29, 0.717) is 19.5 Å². The molecule has 1 amide bonds. The van der Waals surface area contributed by atoms with E-state index in [-0.39, 0.29) is 5.91 Å². The molecule has 0 radical (unpaired) electrons. The maximum Gasteiger partial charge on any atom is 0.228 e. The minimum atomic E-state index is -0.511. The lowest BCUT2D eigenvalue weighted by Gasteiger charge is -2.42. The molecule has 0 spiro atoms. The number of carbonyl (C=O) groups excluding carboxylic acids is 1. The van der Waals surface area contributed by atoms with E-state index in [9.17, 15) is 4.79 Å². The van der Waals surface area contributed by atoms with E-state index in [2.05, 4.69) is 63.2 Å². The fraction of sp³-hybridized carbons (Fsp3) is 0.321. The van der Waals surface area contributed by atoms with E-state index in [0.717, 1.165) is 48.4 Å². The number of aryl methyl sites for hydroxylation is 1. The fourth-order valence-electron chi connectivity index (χ4n) is 4.88. The number of rotatable bonds is 8. The maximum atomic E-state index is 13.6. The first-order valence-corrected chi connectivity index (χ1v) is 11.6. The van der Waals surface area contributed by atoms with Gasteiger partial charge in [0, 0.05) is 43.3 Å². The van der Waals surface area contributed by atoms with Crippen molar-refractivity contribution < 1.29 is 4.79 Å². The Morgan fingerprint density at radius 1 is 1.18 bits per heavy atom. The number of nitrogens with one attached hydrogen (secondary N) is 1. The zero-order valence-electron chi connectivity index (χ0n) is 19.3. The highest BCUT2D eigenvalue weighted by atomic mass is 16.2. The summed E-state index contributed by atoms with van der Waals surface area (Å²) >= 11 is 0. The first kappa shape index (κ1) is 22.9. The van der Waals surface area contributed by atoms with Gasteiger partial charge in [0.1, 0.15) is 0 Å². The summed E-state index contributed by atoms with van der Waals surface area (Å²) in [6.07, 6.45) is 7.93. The molecular formula is C28H32N4O. The van der Waals surface area contributed by atoms with Crippen LogP contribution in [0.5, 0.6) is 0 Å². The second-order valence-corrected chi connectivity index (χ2v) is 8.94. The Morgan fingerprint density at radius 2 is 2.06 bits per heavy atom. The van der Waals surface area contributed by atoms with Crippen molar-refractivity contribution in [2.45, 2.75) is 32.7 Å². The van der Waals surface area contributed by atoms with Gasteiger partial charge in [0.2, 0.25) is 5.91 Å². The molecule has 0 unspecified atom stereocenters. The highest BCUT2D eigenvalue weighted by Gasteiger charge is 2.42. The van der Waals surface area contributed by atoms with Crippen molar-refractivity contribution in [1.29, 1.82) is 0 Å². The van der Waals surface area contributed by atoms with Crippen molar-refractivity contribution in [3.63, 3.8) is 0 Å². The van der Waals surface area contributed by atoms with Crippen LogP contribution in [0.15, 0.2) is 79.6 Å². The Labute approximate surface area is 196 Å². The van der Waals surface area contributed by atoms with Gasteiger partial charge < -0.3 is 5.32 Å². The molecular weight excluding hydrogens is 408 g/mol. The van der Waals surface area contributed by atoms with Crippen LogP contribution in [0.1, 0.15) is 29.8 Å². The lowest BCUT2D eigenvalue weighted by molar-refractivity contribution is -0.134. The van der Waals surface area contributed by atoms with Crippen molar-refractivity contribution in [2.24, 2.45) is 5.41 Å². The van der Waals surface area contributed by atoms with Crippen LogP contribution >= 0.6 is 0 Å². The molecule has 1 atom stereocenters. The summed E-state index contributed by atoms with van der Waals surface area (Å²) in [5.41, 5.74) is 4.95. The number of aromatic nitrogens is 2. The van der Waals surface area contributed by atoms with E-state index in [1.165, 1.54) is 5.56 Å². The van der Waals surface area contributed by atoms with E-state index in [1.807, 2.05) is 31.3 Å². The molecule has 3 heterocycles. The van der Waals surface area contributed by atoms with Crippen molar-refractivity contribution >= 4 is 5.91 Å². The zero-order valence-corrected chi connectivity index (χ0v) is 19.3. The summed E-state index contributed by atoms with van der Waals surface area (Å²) in [4.78, 5) is 24.9. The minimum absolute atomic E-state index is 0.102. The van der Waals surface area contributed by atoms with Crippen molar-refractivity contribution in [3.05, 3.63) is 96.6 Å². The molecule has 1 N–H and O–H groups in total. The van der Waals surface area contributed by atoms with Crippen LogP contribution in [-0.4, -0.2) is 40.4 Å². The second kappa shape index (κ2) is 10.5. The molecule has 0 saturated carbocycles. The number of benzene rings is 1. The van der Waals surface area contributed by atoms with Gasteiger partial charge >= 0.3 is 0 Å². The molecule has 1 aliphatic heterocycles. The van der Waals surface area contributed by atoms with Gasteiger partial charge in [-0.1, -0.05) is 42.5 Å². The van der Waals surface area contributed by atoms with Gasteiger partial charge in [-0.2, -0.15) is 0 Å². The maximum absolute atomic E-state index is 13.6. The molecule has 5 nitrogen and oxygen atoms in total. The molecule has 0 bridgehead atoms. The molecule has 1 fully saturated rings. The number of pyridine rings is 2. The van der Waals surface area contributed by atoms with Gasteiger partial charge in [-0.15, -0.1) is 6.58 Å². The molecule has 33 heavy (non-hydrogen) atoms. The number of hydrogen-bond acceptors (Lipinski definition) is 4. The second-order valence-electron chi connectivity index (χ2n) is 8.94. The Kier molecular flexibility index (Phi) is 7.30. The van der Waals surface area contributed by atoms with Crippen molar-refractivity contribution in [1.82, 2.24) is 20.2 Å². The van der Waals surface area contributed by atoms with Crippen LogP contribution in [-0.2, 0) is 17.8 Å². The Morgan fingerprint density at radius 3 is 2.85 bits per heavy atom. The van der Waals surface area contributed by atoms with Gasteiger partial charge in [-0.05, 0) is 62.1 Å². The number of nitrogens with zero attached hydrogens (tertiary/aromatic N) is 3. The van der Waals surface area contributed by atoms with Crippen LogP contribution in [0.25, 0.3) is 11.1 Å². The zero-order chi connectivity index (χ0) is 23.1. The summed E-state index contributed by atoms with van der Waals surface area (Å²) in [5.74, 6) is 0.102. The number of amides is 1. The fourth-order valence-corrected chi connectivity index (χ4v) is 4.88. The quantitative estimate of drug-likeness (QED) is 0.521. The van der Waals surface area contributed by atoms with Gasteiger partial charge in [-0.25, -0.2) is 0 Å². The van der Waals surface area contributed by atoms with Gasteiger partial charge in [-0.3, -0.25) is 19.7 Å². The lowest BCUT2D eigenvalue weighted by atomic mass is 9.73. The largest absolute Gasteiger partial charge is 0.352 e. The topological polar surface area (TPSA) is 58.1 Å². The first-order valence-electron chi connectivity index (χ1n) is 11.6. The molecule has 3 aromatic rings. The molecule has 2 aromatic heterocycles. The van der Waals surface area contributed by atoms with Crippen LogP contribution in [0.2, 0.25) is 0 Å². The molecule has 1 saturated heterocycles. The lowest BCUT2D eigenvalue weighted by Crippen LogP contribution is -2.53. The van der Waals surface area contributed by atoms with Crippen LogP contribution < -0.4 is 5.32 Å². The predicted molar refractivity (Wildman–Crippen MR) is 133 cm³/mol. The summed E-state index contributed by atoms with van der Waals surface area (Å²) in [6, 6.07) is 18.5. The SMILES string of the molecule is C=CCNC(=O)[C@]1(Cc2ccccc2-c2cccnc2)CCCN(Cc2cccc(C)n2)C1. The Balaban J connectivity index is 1.64. The van der Waals surface area contributed by atoms with Crippen LogP contribution in [0.4, 0.5) is 0 Å². The smallest absolute Gasteiger partial charge is 0.228 e. The normalized spacial score (nSPS) is 18.6. The van der Waals surface area contributed by atoms with E-state index < -0.39 is 5.41 Å². The summed E-state index contributed by atoms with van der Waals surface area (Å²) in [6.45, 7) is 8.69. The van der Waals surface area contributed by atoms with E-state index >= 15 is 0 Å². The molecule has 1 aromatic carbocycles. The third-order valence-electron chi connectivity index (χ3n) is 6.39. The molecule has 1 aliphatic rings. The van der Waals surface area contributed by atoms with Gasteiger partial charge in [0.05, 0.1) is 11.1 Å². The predicted octanol–water partition coefficient (Wildman–Crippen LogP) is 4.58. The number of likely N-dealkylation sites (tertiary alicyclic amines) is 1. The average molecular weight is 441 g/mol. The van der Waals surface area contributed by atoms with E-state index in [1.54, 1.807) is 12.3 Å². The number of hydrogen-bond donors (Lipinski definition) is 1. The number of carbonyl (C=O) groups is 1.